The van der Waals surface area contributed by atoms with Crippen LogP contribution in [0.4, 0.5) is 11.4 Å². The number of carboxylic acid groups (broad SMARTS) is 1. The molecule has 1 aliphatic carbocycles. The largest absolute Gasteiger partial charge is 0.481 e. The number of carboxylic acids is 1. The average molecular weight is 320 g/mol. The molecular formula is C16H20N2O5. The van der Waals surface area contributed by atoms with Crippen LogP contribution < -0.4 is 5.32 Å². The molecule has 0 bridgehead atoms. The Morgan fingerprint density at radius 3 is 2.52 bits per heavy atom. The summed E-state index contributed by atoms with van der Waals surface area (Å²) in [5, 5.41) is 23.1. The Morgan fingerprint density at radius 1 is 1.30 bits per heavy atom. The molecule has 124 valence electrons. The van der Waals surface area contributed by atoms with Crippen LogP contribution in [0, 0.1) is 22.5 Å². The second-order valence-electron chi connectivity index (χ2n) is 6.08. The first-order valence-electron chi connectivity index (χ1n) is 7.63. The molecule has 1 saturated carbocycles. The lowest BCUT2D eigenvalue weighted by atomic mass is 9.71. The minimum atomic E-state index is -1.02. The van der Waals surface area contributed by atoms with Gasteiger partial charge < -0.3 is 10.4 Å². The van der Waals surface area contributed by atoms with Crippen LogP contribution in [0.15, 0.2) is 18.2 Å². The van der Waals surface area contributed by atoms with E-state index in [2.05, 4.69) is 5.32 Å². The van der Waals surface area contributed by atoms with Crippen LogP contribution >= 0.6 is 0 Å². The van der Waals surface area contributed by atoms with E-state index in [-0.39, 0.29) is 12.1 Å². The van der Waals surface area contributed by atoms with Crippen molar-refractivity contribution in [3.05, 3.63) is 33.9 Å². The van der Waals surface area contributed by atoms with Crippen molar-refractivity contribution in [2.24, 2.45) is 5.41 Å². The first-order chi connectivity index (χ1) is 10.9. The molecule has 0 spiro atoms. The molecular weight excluding hydrogens is 300 g/mol. The number of hydrogen-bond donors (Lipinski definition) is 2. The van der Waals surface area contributed by atoms with Crippen LogP contribution in [0.3, 0.4) is 0 Å². The Bertz CT molecular complexity index is 635. The summed E-state index contributed by atoms with van der Waals surface area (Å²) in [5.41, 5.74) is -0.385. The highest BCUT2D eigenvalue weighted by molar-refractivity contribution is 5.95. The van der Waals surface area contributed by atoms with Crippen molar-refractivity contribution in [2.45, 2.75) is 45.4 Å². The first-order valence-corrected chi connectivity index (χ1v) is 7.63. The minimum absolute atomic E-state index is 0.0755. The molecule has 0 aromatic heterocycles. The Kier molecular flexibility index (Phi) is 4.98. The summed E-state index contributed by atoms with van der Waals surface area (Å²) in [5.74, 6) is -1.36. The molecule has 1 fully saturated rings. The number of nitro benzene ring substituents is 1. The molecule has 7 nitrogen and oxygen atoms in total. The summed E-state index contributed by atoms with van der Waals surface area (Å²) in [7, 11) is 0. The van der Waals surface area contributed by atoms with Gasteiger partial charge in [0.05, 0.1) is 21.6 Å². The van der Waals surface area contributed by atoms with Gasteiger partial charge in [0.2, 0.25) is 5.91 Å². The SMILES string of the molecule is Cc1c(NC(=O)CC2(C(=O)O)CCCCC2)cccc1[N+](=O)[O-]. The normalized spacial score (nSPS) is 16.6. The number of carbonyl (C=O) groups is 2. The molecule has 0 unspecified atom stereocenters. The van der Waals surface area contributed by atoms with Crippen molar-refractivity contribution in [3.8, 4) is 0 Å². The highest BCUT2D eigenvalue weighted by atomic mass is 16.6. The van der Waals surface area contributed by atoms with Gasteiger partial charge in [-0.1, -0.05) is 25.3 Å². The summed E-state index contributed by atoms with van der Waals surface area (Å²) in [6.07, 6.45) is 3.46. The standard InChI is InChI=1S/C16H20N2O5/c1-11-12(6-5-7-13(11)18(22)23)17-14(19)10-16(15(20)21)8-3-2-4-9-16/h5-7H,2-4,8-10H2,1H3,(H,17,19)(H,20,21). The maximum atomic E-state index is 12.3. The number of amides is 1. The summed E-state index contributed by atoms with van der Waals surface area (Å²) in [6.45, 7) is 1.56. The number of nitrogens with one attached hydrogen (secondary N) is 1. The Labute approximate surface area is 133 Å². The van der Waals surface area contributed by atoms with Gasteiger partial charge in [0.1, 0.15) is 0 Å². The first kappa shape index (κ1) is 16.9. The summed E-state index contributed by atoms with van der Waals surface area (Å²) >= 11 is 0. The van der Waals surface area contributed by atoms with E-state index in [9.17, 15) is 24.8 Å². The molecule has 0 heterocycles. The molecule has 1 aliphatic rings. The highest BCUT2D eigenvalue weighted by Crippen LogP contribution is 2.40. The van der Waals surface area contributed by atoms with E-state index in [1.54, 1.807) is 13.0 Å². The fourth-order valence-corrected chi connectivity index (χ4v) is 3.15. The van der Waals surface area contributed by atoms with Crippen LogP contribution in [-0.4, -0.2) is 21.9 Å². The van der Waals surface area contributed by atoms with Gasteiger partial charge in [0.25, 0.3) is 5.69 Å². The number of rotatable bonds is 5. The van der Waals surface area contributed by atoms with Crippen molar-refractivity contribution >= 4 is 23.3 Å². The molecule has 1 amide bonds. The zero-order chi connectivity index (χ0) is 17.0. The summed E-state index contributed by atoms with van der Waals surface area (Å²) < 4.78 is 0. The topological polar surface area (TPSA) is 110 Å². The second-order valence-corrected chi connectivity index (χ2v) is 6.08. The fourth-order valence-electron chi connectivity index (χ4n) is 3.15. The maximum absolute atomic E-state index is 12.3. The van der Waals surface area contributed by atoms with Gasteiger partial charge in [0.15, 0.2) is 0 Å². The minimum Gasteiger partial charge on any atom is -0.481 e. The lowest BCUT2D eigenvalue weighted by Gasteiger charge is -2.32. The van der Waals surface area contributed by atoms with E-state index >= 15 is 0 Å². The Hall–Kier alpha value is -2.44. The smallest absolute Gasteiger partial charge is 0.310 e. The van der Waals surface area contributed by atoms with Crippen molar-refractivity contribution in [1.82, 2.24) is 0 Å². The molecule has 2 rings (SSSR count). The van der Waals surface area contributed by atoms with E-state index in [4.69, 9.17) is 0 Å². The van der Waals surface area contributed by atoms with Crippen LogP contribution in [0.25, 0.3) is 0 Å². The zero-order valence-corrected chi connectivity index (χ0v) is 13.0. The van der Waals surface area contributed by atoms with Crippen molar-refractivity contribution in [2.75, 3.05) is 5.32 Å². The molecule has 0 atom stereocenters. The van der Waals surface area contributed by atoms with E-state index in [0.29, 0.717) is 24.1 Å². The summed E-state index contributed by atoms with van der Waals surface area (Å²) in [6, 6.07) is 4.44. The molecule has 0 radical (unpaired) electrons. The van der Waals surface area contributed by atoms with Crippen LogP contribution in [0.2, 0.25) is 0 Å². The molecule has 1 aromatic rings. The predicted molar refractivity (Wildman–Crippen MR) is 84.2 cm³/mol. The second kappa shape index (κ2) is 6.76. The third-order valence-corrected chi connectivity index (χ3v) is 4.54. The third-order valence-electron chi connectivity index (χ3n) is 4.54. The molecule has 0 saturated heterocycles. The van der Waals surface area contributed by atoms with Gasteiger partial charge in [-0.3, -0.25) is 19.7 Å². The monoisotopic (exact) mass is 320 g/mol. The van der Waals surface area contributed by atoms with Gasteiger partial charge in [-0.05, 0) is 25.8 Å². The fraction of sp³-hybridized carbons (Fsp3) is 0.500. The third kappa shape index (κ3) is 3.67. The predicted octanol–water partition coefficient (Wildman–Crippen LogP) is 3.27. The lowest BCUT2D eigenvalue weighted by Crippen LogP contribution is -2.37. The Morgan fingerprint density at radius 2 is 1.96 bits per heavy atom. The maximum Gasteiger partial charge on any atom is 0.310 e. The molecule has 2 N–H and O–H groups in total. The van der Waals surface area contributed by atoms with Crippen LogP contribution in [0.1, 0.15) is 44.1 Å². The number of nitrogens with zero attached hydrogens (tertiary/aromatic N) is 1. The van der Waals surface area contributed by atoms with Gasteiger partial charge >= 0.3 is 5.97 Å². The van der Waals surface area contributed by atoms with Crippen LogP contribution in [0.5, 0.6) is 0 Å². The van der Waals surface area contributed by atoms with Gasteiger partial charge in [-0.25, -0.2) is 0 Å². The summed E-state index contributed by atoms with van der Waals surface area (Å²) in [4.78, 5) is 34.3. The van der Waals surface area contributed by atoms with Gasteiger partial charge in [0, 0.05) is 12.5 Å². The number of anilines is 1. The molecule has 7 heteroatoms. The van der Waals surface area contributed by atoms with Crippen molar-refractivity contribution in [3.63, 3.8) is 0 Å². The van der Waals surface area contributed by atoms with E-state index < -0.39 is 22.2 Å². The number of hydrogen-bond acceptors (Lipinski definition) is 4. The Balaban J connectivity index is 2.14. The van der Waals surface area contributed by atoms with Crippen molar-refractivity contribution in [1.29, 1.82) is 0 Å². The van der Waals surface area contributed by atoms with Crippen molar-refractivity contribution < 1.29 is 19.6 Å². The van der Waals surface area contributed by atoms with E-state index in [1.165, 1.54) is 12.1 Å². The quantitative estimate of drug-likeness (QED) is 0.639. The number of carbonyl (C=O) groups excluding carboxylic acids is 1. The number of benzene rings is 1. The highest BCUT2D eigenvalue weighted by Gasteiger charge is 2.41. The van der Waals surface area contributed by atoms with Gasteiger partial charge in [-0.2, -0.15) is 0 Å². The van der Waals surface area contributed by atoms with Crippen LogP contribution in [-0.2, 0) is 9.59 Å². The van der Waals surface area contributed by atoms with E-state index in [0.717, 1.165) is 19.3 Å². The average Bonchev–Trinajstić information content (AvgIpc) is 2.49. The lowest BCUT2D eigenvalue weighted by molar-refractivity contribution is -0.385. The zero-order valence-electron chi connectivity index (χ0n) is 13.0. The molecule has 23 heavy (non-hydrogen) atoms. The molecule has 0 aliphatic heterocycles. The number of aliphatic carboxylic acids is 1. The van der Waals surface area contributed by atoms with Gasteiger partial charge in [-0.15, -0.1) is 0 Å². The van der Waals surface area contributed by atoms with E-state index in [1.807, 2.05) is 0 Å². The molecule has 1 aromatic carbocycles. The number of nitro groups is 1.